The number of rotatable bonds is 4. The molecule has 1 rings (SSSR count). The Morgan fingerprint density at radius 3 is 2.56 bits per heavy atom. The van der Waals surface area contributed by atoms with Gasteiger partial charge in [-0.05, 0) is 12.5 Å². The molecule has 0 aliphatic heterocycles. The van der Waals surface area contributed by atoms with Crippen LogP contribution in [0.1, 0.15) is 30.4 Å². The number of carboxylic acid groups (broad SMARTS) is 1. The van der Waals surface area contributed by atoms with Crippen molar-refractivity contribution in [3.8, 4) is 5.88 Å². The van der Waals surface area contributed by atoms with E-state index in [0.717, 1.165) is 6.20 Å². The number of carbonyl (C=O) groups is 1. The number of hydrogen-bond acceptors (Lipinski definition) is 3. The van der Waals surface area contributed by atoms with Crippen molar-refractivity contribution < 1.29 is 23.4 Å². The zero-order valence-corrected chi connectivity index (χ0v) is 8.78. The Morgan fingerprint density at radius 1 is 1.50 bits per heavy atom. The van der Waals surface area contributed by atoms with Crippen molar-refractivity contribution in [3.63, 3.8) is 0 Å². The van der Waals surface area contributed by atoms with Gasteiger partial charge in [-0.15, -0.1) is 0 Å². The Labute approximate surface area is 90.9 Å². The third kappa shape index (κ3) is 2.44. The van der Waals surface area contributed by atoms with Crippen LogP contribution in [0.5, 0.6) is 5.88 Å². The van der Waals surface area contributed by atoms with Crippen LogP contribution in [0.15, 0.2) is 12.3 Å². The average molecular weight is 231 g/mol. The largest absolute Gasteiger partial charge is 0.481 e. The molecule has 0 saturated carbocycles. The first-order valence-corrected chi connectivity index (χ1v) is 4.52. The van der Waals surface area contributed by atoms with Crippen LogP contribution in [0.3, 0.4) is 0 Å². The first kappa shape index (κ1) is 12.4. The summed E-state index contributed by atoms with van der Waals surface area (Å²) in [4.78, 5) is 14.4. The third-order valence-electron chi connectivity index (χ3n) is 2.22. The van der Waals surface area contributed by atoms with E-state index in [2.05, 4.69) is 4.98 Å². The van der Waals surface area contributed by atoms with Crippen LogP contribution in [0.2, 0.25) is 0 Å². The fourth-order valence-corrected chi connectivity index (χ4v) is 1.26. The highest BCUT2D eigenvalue weighted by Gasteiger charge is 2.23. The molecule has 6 heteroatoms. The number of halogens is 2. The predicted octanol–water partition coefficient (Wildman–Crippen LogP) is 2.22. The van der Waals surface area contributed by atoms with Crippen LogP contribution in [-0.4, -0.2) is 23.2 Å². The van der Waals surface area contributed by atoms with Gasteiger partial charge in [-0.25, -0.2) is 13.8 Å². The second-order valence-corrected chi connectivity index (χ2v) is 3.22. The lowest BCUT2D eigenvalue weighted by Gasteiger charge is -2.13. The summed E-state index contributed by atoms with van der Waals surface area (Å²) in [5.41, 5.74) is -0.356. The van der Waals surface area contributed by atoms with E-state index in [9.17, 15) is 13.6 Å². The summed E-state index contributed by atoms with van der Waals surface area (Å²) in [5.74, 6) is -2.08. The van der Waals surface area contributed by atoms with E-state index in [1.165, 1.54) is 20.1 Å². The highest BCUT2D eigenvalue weighted by molar-refractivity contribution is 5.76. The van der Waals surface area contributed by atoms with Crippen molar-refractivity contribution in [1.29, 1.82) is 0 Å². The van der Waals surface area contributed by atoms with Crippen molar-refractivity contribution >= 4 is 5.97 Å². The topological polar surface area (TPSA) is 59.4 Å². The summed E-state index contributed by atoms with van der Waals surface area (Å²) >= 11 is 0. The van der Waals surface area contributed by atoms with Crippen LogP contribution in [0.25, 0.3) is 0 Å². The minimum Gasteiger partial charge on any atom is -0.481 e. The summed E-state index contributed by atoms with van der Waals surface area (Å²) in [7, 11) is 1.33. The Balaban J connectivity index is 3.25. The molecule has 1 unspecified atom stereocenters. The van der Waals surface area contributed by atoms with Gasteiger partial charge in [0.1, 0.15) is 0 Å². The maximum atomic E-state index is 12.6. The molecule has 1 aromatic rings. The number of carboxylic acids is 1. The van der Waals surface area contributed by atoms with E-state index < -0.39 is 18.3 Å². The van der Waals surface area contributed by atoms with E-state index in [1.54, 1.807) is 0 Å². The van der Waals surface area contributed by atoms with Gasteiger partial charge in [-0.1, -0.05) is 0 Å². The quantitative estimate of drug-likeness (QED) is 0.863. The van der Waals surface area contributed by atoms with Crippen molar-refractivity contribution in [2.24, 2.45) is 0 Å². The molecule has 0 bridgehead atoms. The molecule has 0 amide bonds. The molecule has 16 heavy (non-hydrogen) atoms. The number of methoxy groups -OCH3 is 1. The van der Waals surface area contributed by atoms with E-state index in [-0.39, 0.29) is 17.0 Å². The zero-order valence-electron chi connectivity index (χ0n) is 8.78. The number of aliphatic carboxylic acids is 1. The molecule has 4 nitrogen and oxygen atoms in total. The van der Waals surface area contributed by atoms with Gasteiger partial charge in [0.25, 0.3) is 6.43 Å². The summed E-state index contributed by atoms with van der Waals surface area (Å²) in [5, 5.41) is 8.80. The lowest BCUT2D eigenvalue weighted by Crippen LogP contribution is -2.11. The van der Waals surface area contributed by atoms with Crippen molar-refractivity contribution in [3.05, 3.63) is 23.4 Å². The molecule has 1 heterocycles. The van der Waals surface area contributed by atoms with Crippen LogP contribution < -0.4 is 4.74 Å². The first-order valence-electron chi connectivity index (χ1n) is 4.52. The van der Waals surface area contributed by atoms with Crippen molar-refractivity contribution in [1.82, 2.24) is 4.98 Å². The van der Waals surface area contributed by atoms with Crippen LogP contribution in [0.4, 0.5) is 8.78 Å². The molecule has 0 aliphatic rings. The van der Waals surface area contributed by atoms with E-state index >= 15 is 0 Å². The fraction of sp³-hybridized carbons (Fsp3) is 0.400. The molecule has 0 spiro atoms. The molecular weight excluding hydrogens is 220 g/mol. The number of alkyl halides is 2. The summed E-state index contributed by atoms with van der Waals surface area (Å²) in [6.07, 6.45) is -1.81. The van der Waals surface area contributed by atoms with Crippen molar-refractivity contribution in [2.45, 2.75) is 19.3 Å². The van der Waals surface area contributed by atoms with Crippen LogP contribution in [0, 0.1) is 0 Å². The number of pyridine rings is 1. The van der Waals surface area contributed by atoms with E-state index in [4.69, 9.17) is 9.84 Å². The minimum atomic E-state index is -2.75. The Kier molecular flexibility index (Phi) is 3.76. The van der Waals surface area contributed by atoms with Crippen LogP contribution in [-0.2, 0) is 4.79 Å². The maximum Gasteiger partial charge on any atom is 0.310 e. The summed E-state index contributed by atoms with van der Waals surface area (Å²) in [6.45, 7) is 1.34. The van der Waals surface area contributed by atoms with Gasteiger partial charge in [-0.2, -0.15) is 0 Å². The third-order valence-corrected chi connectivity index (χ3v) is 2.22. The number of ether oxygens (including phenoxy) is 1. The van der Waals surface area contributed by atoms with E-state index in [1.807, 2.05) is 0 Å². The highest BCUT2D eigenvalue weighted by atomic mass is 19.3. The van der Waals surface area contributed by atoms with Gasteiger partial charge in [-0.3, -0.25) is 4.79 Å². The molecule has 88 valence electrons. The molecule has 1 N–H and O–H groups in total. The van der Waals surface area contributed by atoms with Gasteiger partial charge in [0.15, 0.2) is 0 Å². The van der Waals surface area contributed by atoms with Gasteiger partial charge in [0.2, 0.25) is 5.88 Å². The number of nitrogens with zero attached hydrogens (tertiary/aromatic N) is 1. The van der Waals surface area contributed by atoms with Gasteiger partial charge in [0.05, 0.1) is 13.0 Å². The van der Waals surface area contributed by atoms with Crippen LogP contribution >= 0.6 is 0 Å². The lowest BCUT2D eigenvalue weighted by molar-refractivity contribution is -0.138. The van der Waals surface area contributed by atoms with Crippen molar-refractivity contribution in [2.75, 3.05) is 7.11 Å². The summed E-state index contributed by atoms with van der Waals surface area (Å²) < 4.78 is 30.0. The molecule has 1 aromatic heterocycles. The van der Waals surface area contributed by atoms with Gasteiger partial charge in [0, 0.05) is 17.8 Å². The Morgan fingerprint density at radius 2 is 2.12 bits per heavy atom. The average Bonchev–Trinajstić information content (AvgIpc) is 2.26. The first-order chi connectivity index (χ1) is 7.47. The predicted molar refractivity (Wildman–Crippen MR) is 51.8 cm³/mol. The second kappa shape index (κ2) is 4.87. The molecule has 0 fully saturated rings. The Hall–Kier alpha value is -1.72. The number of aromatic nitrogens is 1. The summed E-state index contributed by atoms with van der Waals surface area (Å²) in [6, 6.07) is 1.22. The molecule has 0 aliphatic carbocycles. The lowest BCUT2D eigenvalue weighted by atomic mass is 9.98. The fourth-order valence-electron chi connectivity index (χ4n) is 1.26. The SMILES string of the molecule is COc1cc(C(C)C(=O)O)c(C(F)F)cn1. The Bertz CT molecular complexity index is 396. The smallest absolute Gasteiger partial charge is 0.310 e. The normalized spacial score (nSPS) is 12.6. The van der Waals surface area contributed by atoms with E-state index in [0.29, 0.717) is 0 Å². The maximum absolute atomic E-state index is 12.6. The monoisotopic (exact) mass is 231 g/mol. The molecular formula is C10H11F2NO3. The molecule has 0 radical (unpaired) electrons. The molecule has 0 saturated heterocycles. The van der Waals surface area contributed by atoms with Gasteiger partial charge < -0.3 is 9.84 Å². The molecule has 1 atom stereocenters. The second-order valence-electron chi connectivity index (χ2n) is 3.22. The molecule has 0 aromatic carbocycles. The minimum absolute atomic E-state index is 0.0225. The highest BCUT2D eigenvalue weighted by Crippen LogP contribution is 2.30. The zero-order chi connectivity index (χ0) is 12.3. The van der Waals surface area contributed by atoms with Gasteiger partial charge >= 0.3 is 5.97 Å². The number of hydrogen-bond donors (Lipinski definition) is 1. The standard InChI is InChI=1S/C10H11F2NO3/c1-5(10(14)15)6-3-8(16-2)13-4-7(6)9(11)12/h3-5,9H,1-2H3,(H,14,15).